The lowest BCUT2D eigenvalue weighted by molar-refractivity contribution is -0.136. The number of hydrogen-bond donors (Lipinski definition) is 1. The molecule has 0 saturated carbocycles. The zero-order valence-electron chi connectivity index (χ0n) is 13.6. The minimum atomic E-state index is -2.40. The van der Waals surface area contributed by atoms with Crippen molar-refractivity contribution in [2.45, 2.75) is 6.42 Å². The second-order valence-corrected chi connectivity index (χ2v) is 9.34. The molecule has 0 aliphatic carbocycles. The molecular weight excluding hydrogens is 327 g/mol. The van der Waals surface area contributed by atoms with Crippen LogP contribution in [0.1, 0.15) is 5.56 Å². The molecule has 126 valence electrons. The predicted molar refractivity (Wildman–Crippen MR) is 93.3 cm³/mol. The van der Waals surface area contributed by atoms with Gasteiger partial charge in [-0.2, -0.15) is 0 Å². The molecule has 0 atom stereocenters. The Bertz CT molecular complexity index is 837. The quantitative estimate of drug-likeness (QED) is 0.862. The van der Waals surface area contributed by atoms with Gasteiger partial charge in [0, 0.05) is 5.30 Å². The molecule has 0 amide bonds. The van der Waals surface area contributed by atoms with E-state index in [-0.39, 0.29) is 6.42 Å². The van der Waals surface area contributed by atoms with E-state index in [4.69, 9.17) is 9.47 Å². The summed E-state index contributed by atoms with van der Waals surface area (Å²) in [5.74, 6) is 0.252. The number of ether oxygens (including phenoxy) is 2. The van der Waals surface area contributed by atoms with E-state index in [1.54, 1.807) is 19.4 Å². The van der Waals surface area contributed by atoms with E-state index >= 15 is 0 Å². The van der Waals surface area contributed by atoms with Gasteiger partial charge in [0.1, 0.15) is 20.4 Å². The number of carboxylic acid groups (broad SMARTS) is 1. The van der Waals surface area contributed by atoms with Crippen LogP contribution in [0.25, 0.3) is 11.1 Å². The summed E-state index contributed by atoms with van der Waals surface area (Å²) in [7, 11) is -2.40. The standard InChI is InChI=1S/C18H19O5P/c1-24(2,21)14-5-3-4-12(8-14)15-11-17-16(22-6-7-23-17)9-13(15)10-18(19)20/h3-5,8-9,11H,6-7,10H2,1-2H3,(H,19,20). The highest BCUT2D eigenvalue weighted by Gasteiger charge is 2.19. The summed E-state index contributed by atoms with van der Waals surface area (Å²) in [6, 6.07) is 10.9. The van der Waals surface area contributed by atoms with Gasteiger partial charge < -0.3 is 19.1 Å². The van der Waals surface area contributed by atoms with Crippen molar-refractivity contribution in [3.05, 3.63) is 42.0 Å². The molecule has 24 heavy (non-hydrogen) atoms. The van der Waals surface area contributed by atoms with Crippen molar-refractivity contribution in [2.24, 2.45) is 0 Å². The molecule has 0 spiro atoms. The van der Waals surface area contributed by atoms with Crippen molar-refractivity contribution in [3.8, 4) is 22.6 Å². The molecular formula is C18H19O5P. The number of carbonyl (C=O) groups is 1. The third-order valence-electron chi connectivity index (χ3n) is 3.89. The number of carboxylic acids is 1. The van der Waals surface area contributed by atoms with Gasteiger partial charge in [-0.3, -0.25) is 4.79 Å². The van der Waals surface area contributed by atoms with Gasteiger partial charge in [0.05, 0.1) is 6.42 Å². The average Bonchev–Trinajstić information content (AvgIpc) is 2.53. The van der Waals surface area contributed by atoms with Crippen molar-refractivity contribution in [2.75, 3.05) is 26.5 Å². The monoisotopic (exact) mass is 346 g/mol. The molecule has 2 aromatic rings. The Morgan fingerprint density at radius 3 is 2.42 bits per heavy atom. The van der Waals surface area contributed by atoms with E-state index in [0.29, 0.717) is 30.3 Å². The number of aliphatic carboxylic acids is 1. The summed E-state index contributed by atoms with van der Waals surface area (Å²) in [5, 5.41) is 9.97. The van der Waals surface area contributed by atoms with Crippen molar-refractivity contribution in [3.63, 3.8) is 0 Å². The second kappa shape index (κ2) is 6.33. The lowest BCUT2D eigenvalue weighted by Gasteiger charge is -2.21. The van der Waals surface area contributed by atoms with Crippen LogP contribution in [0, 0.1) is 0 Å². The van der Waals surface area contributed by atoms with Crippen LogP contribution in [0.2, 0.25) is 0 Å². The van der Waals surface area contributed by atoms with Crippen LogP contribution < -0.4 is 14.8 Å². The van der Waals surface area contributed by atoms with E-state index in [1.807, 2.05) is 30.3 Å². The molecule has 6 heteroatoms. The van der Waals surface area contributed by atoms with Crippen molar-refractivity contribution < 1.29 is 23.9 Å². The molecule has 0 bridgehead atoms. The van der Waals surface area contributed by atoms with Crippen LogP contribution in [0.15, 0.2) is 36.4 Å². The van der Waals surface area contributed by atoms with Gasteiger partial charge in [0.2, 0.25) is 0 Å². The first-order valence-electron chi connectivity index (χ1n) is 7.65. The molecule has 2 aromatic carbocycles. The van der Waals surface area contributed by atoms with Crippen LogP contribution in [0.4, 0.5) is 0 Å². The minimum Gasteiger partial charge on any atom is -0.486 e. The van der Waals surface area contributed by atoms with Gasteiger partial charge >= 0.3 is 5.97 Å². The van der Waals surface area contributed by atoms with Gasteiger partial charge in [-0.05, 0) is 48.2 Å². The zero-order chi connectivity index (χ0) is 17.3. The van der Waals surface area contributed by atoms with E-state index < -0.39 is 13.1 Å². The lowest BCUT2D eigenvalue weighted by atomic mass is 9.96. The highest BCUT2D eigenvalue weighted by Crippen LogP contribution is 2.40. The molecule has 3 rings (SSSR count). The molecule has 1 N–H and O–H groups in total. The Labute approximate surface area is 140 Å². The Balaban J connectivity index is 2.15. The van der Waals surface area contributed by atoms with Crippen LogP contribution in [-0.4, -0.2) is 37.6 Å². The Hall–Kier alpha value is -2.26. The van der Waals surface area contributed by atoms with E-state index in [0.717, 1.165) is 16.4 Å². The zero-order valence-corrected chi connectivity index (χ0v) is 14.5. The largest absolute Gasteiger partial charge is 0.486 e. The molecule has 1 aliphatic heterocycles. The number of benzene rings is 2. The fraction of sp³-hybridized carbons (Fsp3) is 0.278. The fourth-order valence-corrected chi connectivity index (χ4v) is 3.61. The molecule has 0 fully saturated rings. The number of fused-ring (bicyclic) bond motifs is 1. The Morgan fingerprint density at radius 2 is 1.79 bits per heavy atom. The Morgan fingerprint density at radius 1 is 1.12 bits per heavy atom. The van der Waals surface area contributed by atoms with Crippen LogP contribution in [0.5, 0.6) is 11.5 Å². The molecule has 1 heterocycles. The Kier molecular flexibility index (Phi) is 4.37. The first-order chi connectivity index (χ1) is 11.3. The maximum absolute atomic E-state index is 12.4. The average molecular weight is 346 g/mol. The molecule has 0 saturated heterocycles. The van der Waals surface area contributed by atoms with Gasteiger partial charge in [-0.15, -0.1) is 0 Å². The SMILES string of the molecule is CP(C)(=O)c1cccc(-c2cc3c(cc2CC(=O)O)OCCO3)c1. The highest BCUT2D eigenvalue weighted by molar-refractivity contribution is 7.70. The lowest BCUT2D eigenvalue weighted by Crippen LogP contribution is -2.16. The normalized spacial score (nSPS) is 13.6. The summed E-state index contributed by atoms with van der Waals surface area (Å²) >= 11 is 0. The van der Waals surface area contributed by atoms with Gasteiger partial charge in [-0.1, -0.05) is 18.2 Å². The maximum atomic E-state index is 12.4. The van der Waals surface area contributed by atoms with Crippen molar-refractivity contribution in [1.29, 1.82) is 0 Å². The summed E-state index contributed by atoms with van der Waals surface area (Å²) < 4.78 is 23.5. The summed E-state index contributed by atoms with van der Waals surface area (Å²) in [5.41, 5.74) is 2.23. The summed E-state index contributed by atoms with van der Waals surface area (Å²) in [4.78, 5) is 11.2. The topological polar surface area (TPSA) is 72.8 Å². The van der Waals surface area contributed by atoms with Crippen LogP contribution >= 0.6 is 7.14 Å². The van der Waals surface area contributed by atoms with Crippen LogP contribution in [-0.2, 0) is 15.8 Å². The third kappa shape index (κ3) is 3.46. The highest BCUT2D eigenvalue weighted by atomic mass is 31.2. The summed E-state index contributed by atoms with van der Waals surface area (Å²) in [6.07, 6.45) is -0.119. The molecule has 5 nitrogen and oxygen atoms in total. The second-order valence-electron chi connectivity index (χ2n) is 6.12. The third-order valence-corrected chi connectivity index (χ3v) is 5.41. The van der Waals surface area contributed by atoms with Gasteiger partial charge in [0.15, 0.2) is 11.5 Å². The van der Waals surface area contributed by atoms with E-state index in [1.165, 1.54) is 0 Å². The predicted octanol–water partition coefficient (Wildman–Crippen LogP) is 3.00. The van der Waals surface area contributed by atoms with Crippen LogP contribution in [0.3, 0.4) is 0 Å². The summed E-state index contributed by atoms with van der Waals surface area (Å²) in [6.45, 7) is 4.34. The van der Waals surface area contributed by atoms with Crippen molar-refractivity contribution in [1.82, 2.24) is 0 Å². The fourth-order valence-electron chi connectivity index (χ4n) is 2.72. The number of hydrogen-bond acceptors (Lipinski definition) is 4. The molecule has 0 radical (unpaired) electrons. The van der Waals surface area contributed by atoms with E-state index in [2.05, 4.69) is 0 Å². The first-order valence-corrected chi connectivity index (χ1v) is 10.2. The maximum Gasteiger partial charge on any atom is 0.307 e. The van der Waals surface area contributed by atoms with E-state index in [9.17, 15) is 14.5 Å². The smallest absolute Gasteiger partial charge is 0.307 e. The molecule has 0 unspecified atom stereocenters. The van der Waals surface area contributed by atoms with Crippen molar-refractivity contribution >= 4 is 18.4 Å². The molecule has 1 aliphatic rings. The minimum absolute atomic E-state index is 0.119. The molecule has 0 aromatic heterocycles. The van der Waals surface area contributed by atoms with Gasteiger partial charge in [0.25, 0.3) is 0 Å². The van der Waals surface area contributed by atoms with Gasteiger partial charge in [-0.25, -0.2) is 0 Å². The number of rotatable bonds is 4. The first kappa shape index (κ1) is 16.6.